The van der Waals surface area contributed by atoms with E-state index in [0.717, 1.165) is 16.9 Å². The number of carbonyl (C=O) groups excluding carboxylic acids is 2. The van der Waals surface area contributed by atoms with E-state index in [2.05, 4.69) is 5.10 Å². The molecule has 0 aliphatic rings. The van der Waals surface area contributed by atoms with Crippen LogP contribution < -0.4 is 4.74 Å². The molecule has 1 amide bonds. The highest BCUT2D eigenvalue weighted by Gasteiger charge is 2.23. The second-order valence-corrected chi connectivity index (χ2v) is 7.66. The summed E-state index contributed by atoms with van der Waals surface area (Å²) in [5.41, 5.74) is 2.57. The van der Waals surface area contributed by atoms with Gasteiger partial charge in [-0.05, 0) is 37.1 Å². The molecule has 0 fully saturated rings. The monoisotopic (exact) mass is 455 g/mol. The number of benzene rings is 2. The summed E-state index contributed by atoms with van der Waals surface area (Å²) in [5, 5.41) is 4.53. The Kier molecular flexibility index (Phi) is 7.89. The lowest BCUT2D eigenvalue weighted by atomic mass is 10.2. The zero-order valence-corrected chi connectivity index (χ0v) is 19.1. The number of aryl methyl sites for hydroxylation is 1. The van der Waals surface area contributed by atoms with Crippen LogP contribution in [0.4, 0.5) is 0 Å². The number of hydrogen-bond donors (Lipinski definition) is 0. The molecular formula is C24H26ClN3O4. The standard InChI is InChI=1S/C24H26ClN3O4/c1-4-31-20-12-10-19(11-13-20)14-27(3)21(29)16-32-24(30)22-17(2)26-28(23(22)25)15-18-8-6-5-7-9-18/h5-13H,4,14-16H2,1-3H3. The Labute approximate surface area is 192 Å². The number of esters is 1. The minimum atomic E-state index is -0.672. The fourth-order valence-electron chi connectivity index (χ4n) is 3.18. The number of nitrogens with zero attached hydrogens (tertiary/aromatic N) is 3. The van der Waals surface area contributed by atoms with Crippen LogP contribution in [0.1, 0.15) is 34.1 Å². The first-order chi connectivity index (χ1) is 15.4. The third-order valence-electron chi connectivity index (χ3n) is 4.85. The number of halogens is 1. The lowest BCUT2D eigenvalue weighted by molar-refractivity contribution is -0.133. The van der Waals surface area contributed by atoms with Gasteiger partial charge in [0.1, 0.15) is 16.5 Å². The number of carbonyl (C=O) groups is 2. The van der Waals surface area contributed by atoms with Crippen molar-refractivity contribution in [2.75, 3.05) is 20.3 Å². The van der Waals surface area contributed by atoms with Crippen molar-refractivity contribution in [2.45, 2.75) is 26.9 Å². The molecule has 168 valence electrons. The van der Waals surface area contributed by atoms with Crippen LogP contribution in [0.2, 0.25) is 5.15 Å². The van der Waals surface area contributed by atoms with Gasteiger partial charge in [0, 0.05) is 13.6 Å². The maximum absolute atomic E-state index is 12.6. The van der Waals surface area contributed by atoms with Gasteiger partial charge >= 0.3 is 5.97 Å². The summed E-state index contributed by atoms with van der Waals surface area (Å²) in [6, 6.07) is 17.2. The number of amides is 1. The van der Waals surface area contributed by atoms with Crippen molar-refractivity contribution in [3.05, 3.63) is 82.1 Å². The Hall–Kier alpha value is -3.32. The normalized spacial score (nSPS) is 10.6. The molecule has 1 aromatic heterocycles. The van der Waals surface area contributed by atoms with Crippen molar-refractivity contribution >= 4 is 23.5 Å². The van der Waals surface area contributed by atoms with Gasteiger partial charge in [-0.2, -0.15) is 5.10 Å². The Bertz CT molecular complexity index is 1060. The summed E-state index contributed by atoms with van der Waals surface area (Å²) in [6.07, 6.45) is 0. The fraction of sp³-hybridized carbons (Fsp3) is 0.292. The second kappa shape index (κ2) is 10.8. The van der Waals surface area contributed by atoms with Crippen molar-refractivity contribution in [3.8, 4) is 5.75 Å². The molecular weight excluding hydrogens is 430 g/mol. The zero-order chi connectivity index (χ0) is 23.1. The highest BCUT2D eigenvalue weighted by atomic mass is 35.5. The first-order valence-electron chi connectivity index (χ1n) is 10.3. The minimum Gasteiger partial charge on any atom is -0.494 e. The highest BCUT2D eigenvalue weighted by molar-refractivity contribution is 6.32. The van der Waals surface area contributed by atoms with Crippen molar-refractivity contribution in [1.29, 1.82) is 0 Å². The molecule has 0 bridgehead atoms. The number of ether oxygens (including phenoxy) is 2. The van der Waals surface area contributed by atoms with Crippen LogP contribution >= 0.6 is 11.6 Å². The lowest BCUT2D eigenvalue weighted by Crippen LogP contribution is -2.30. The quantitative estimate of drug-likeness (QED) is 0.454. The molecule has 0 aliphatic carbocycles. The summed E-state index contributed by atoms with van der Waals surface area (Å²) in [7, 11) is 1.66. The molecule has 7 nitrogen and oxygen atoms in total. The third kappa shape index (κ3) is 5.88. The molecule has 0 unspecified atom stereocenters. The highest BCUT2D eigenvalue weighted by Crippen LogP contribution is 2.22. The van der Waals surface area contributed by atoms with E-state index >= 15 is 0 Å². The average molecular weight is 456 g/mol. The molecule has 0 saturated heterocycles. The van der Waals surface area contributed by atoms with Crippen LogP contribution in [-0.4, -0.2) is 46.8 Å². The van der Waals surface area contributed by atoms with Gasteiger partial charge in [0.2, 0.25) is 0 Å². The minimum absolute atomic E-state index is 0.171. The first-order valence-corrected chi connectivity index (χ1v) is 10.7. The molecule has 3 rings (SSSR count). The van der Waals surface area contributed by atoms with Gasteiger partial charge in [-0.15, -0.1) is 0 Å². The summed E-state index contributed by atoms with van der Waals surface area (Å²) in [6.45, 7) is 4.63. The average Bonchev–Trinajstić information content (AvgIpc) is 3.06. The van der Waals surface area contributed by atoms with Crippen molar-refractivity contribution in [2.24, 2.45) is 0 Å². The van der Waals surface area contributed by atoms with Gasteiger partial charge in [-0.3, -0.25) is 4.79 Å². The van der Waals surface area contributed by atoms with Crippen molar-refractivity contribution < 1.29 is 19.1 Å². The molecule has 0 saturated carbocycles. The van der Waals surface area contributed by atoms with Crippen molar-refractivity contribution in [3.63, 3.8) is 0 Å². The SMILES string of the molecule is CCOc1ccc(CN(C)C(=O)COC(=O)c2c(C)nn(Cc3ccccc3)c2Cl)cc1. The van der Waals surface area contributed by atoms with E-state index in [-0.39, 0.29) is 23.2 Å². The van der Waals surface area contributed by atoms with Crippen molar-refractivity contribution in [1.82, 2.24) is 14.7 Å². The van der Waals surface area contributed by atoms with Crippen LogP contribution in [0, 0.1) is 6.92 Å². The number of aromatic nitrogens is 2. The van der Waals surface area contributed by atoms with E-state index in [0.29, 0.717) is 25.4 Å². The number of likely N-dealkylation sites (N-methyl/N-ethyl adjacent to an activating group) is 1. The van der Waals surface area contributed by atoms with Crippen LogP contribution in [0.25, 0.3) is 0 Å². The molecule has 3 aromatic rings. The largest absolute Gasteiger partial charge is 0.494 e. The molecule has 2 aromatic carbocycles. The molecule has 0 aliphatic heterocycles. The molecule has 32 heavy (non-hydrogen) atoms. The molecule has 1 heterocycles. The molecule has 0 atom stereocenters. The van der Waals surface area contributed by atoms with Crippen LogP contribution in [-0.2, 0) is 22.6 Å². The van der Waals surface area contributed by atoms with E-state index in [1.807, 2.05) is 61.5 Å². The van der Waals surface area contributed by atoms with Crippen LogP contribution in [0.5, 0.6) is 5.75 Å². The lowest BCUT2D eigenvalue weighted by Gasteiger charge is -2.17. The van der Waals surface area contributed by atoms with Gasteiger partial charge in [0.05, 0.1) is 18.8 Å². The van der Waals surface area contributed by atoms with E-state index in [4.69, 9.17) is 21.1 Å². The summed E-state index contributed by atoms with van der Waals surface area (Å²) < 4.78 is 12.2. The Morgan fingerprint density at radius 1 is 1.06 bits per heavy atom. The van der Waals surface area contributed by atoms with Crippen LogP contribution in [0.15, 0.2) is 54.6 Å². The Morgan fingerprint density at radius 2 is 1.75 bits per heavy atom. The molecule has 0 radical (unpaired) electrons. The fourth-order valence-corrected chi connectivity index (χ4v) is 3.49. The summed E-state index contributed by atoms with van der Waals surface area (Å²) in [5.74, 6) is -0.216. The summed E-state index contributed by atoms with van der Waals surface area (Å²) in [4.78, 5) is 26.5. The topological polar surface area (TPSA) is 73.7 Å². The predicted octanol–water partition coefficient (Wildman–Crippen LogP) is 4.11. The van der Waals surface area contributed by atoms with Gasteiger partial charge in [-0.25, -0.2) is 9.48 Å². The van der Waals surface area contributed by atoms with Gasteiger partial charge in [0.25, 0.3) is 5.91 Å². The molecule has 0 spiro atoms. The van der Waals surface area contributed by atoms with Crippen LogP contribution in [0.3, 0.4) is 0 Å². The Morgan fingerprint density at radius 3 is 2.41 bits per heavy atom. The number of hydrogen-bond acceptors (Lipinski definition) is 5. The van der Waals surface area contributed by atoms with Gasteiger partial charge in [0.15, 0.2) is 6.61 Å². The Balaban J connectivity index is 1.57. The summed E-state index contributed by atoms with van der Waals surface area (Å²) >= 11 is 6.39. The zero-order valence-electron chi connectivity index (χ0n) is 18.4. The van der Waals surface area contributed by atoms with E-state index < -0.39 is 5.97 Å². The molecule has 8 heteroatoms. The van der Waals surface area contributed by atoms with Gasteiger partial charge < -0.3 is 14.4 Å². The maximum Gasteiger partial charge on any atom is 0.343 e. The van der Waals surface area contributed by atoms with E-state index in [1.54, 1.807) is 18.7 Å². The smallest absolute Gasteiger partial charge is 0.343 e. The van der Waals surface area contributed by atoms with E-state index in [1.165, 1.54) is 4.90 Å². The predicted molar refractivity (Wildman–Crippen MR) is 122 cm³/mol. The van der Waals surface area contributed by atoms with Gasteiger partial charge in [-0.1, -0.05) is 54.1 Å². The first kappa shape index (κ1) is 23.3. The third-order valence-corrected chi connectivity index (χ3v) is 5.24. The second-order valence-electron chi connectivity index (χ2n) is 7.30. The molecule has 0 N–H and O–H groups in total. The maximum atomic E-state index is 12.6. The van der Waals surface area contributed by atoms with E-state index in [9.17, 15) is 9.59 Å². The number of rotatable bonds is 9.